The maximum Gasteiger partial charge on any atom is 0.137 e. The van der Waals surface area contributed by atoms with Crippen LogP contribution in [0.15, 0.2) is 205 Å². The molecule has 4 aromatic heterocycles. The molecule has 0 aliphatic heterocycles. The molecule has 0 N–H and O–H groups in total. The smallest absolute Gasteiger partial charge is 0.137 e. The second kappa shape index (κ2) is 11.8. The van der Waals surface area contributed by atoms with Crippen LogP contribution in [0, 0.1) is 0 Å². The van der Waals surface area contributed by atoms with Gasteiger partial charge in [-0.3, -0.25) is 0 Å². The van der Waals surface area contributed by atoms with Crippen LogP contribution in [0.25, 0.3) is 116 Å². The molecule has 4 heteroatoms. The number of fused-ring (bicyclic) bond motifs is 12. The molecule has 4 nitrogen and oxygen atoms in total. The maximum atomic E-state index is 6.58. The summed E-state index contributed by atoms with van der Waals surface area (Å²) in [6.45, 7) is 0. The minimum atomic E-state index is 0.879. The lowest BCUT2D eigenvalue weighted by Gasteiger charge is -2.12. The third kappa shape index (κ3) is 4.29. The van der Waals surface area contributed by atoms with Crippen molar-refractivity contribution in [1.82, 2.24) is 13.7 Å². The van der Waals surface area contributed by atoms with Crippen molar-refractivity contribution in [3.05, 3.63) is 200 Å². The quantitative estimate of drug-likeness (QED) is 0.177. The van der Waals surface area contributed by atoms with Gasteiger partial charge in [-0.05, 0) is 90.0 Å². The van der Waals surface area contributed by atoms with Crippen molar-refractivity contribution in [1.29, 1.82) is 0 Å². The summed E-state index contributed by atoms with van der Waals surface area (Å²) >= 11 is 0. The first kappa shape index (κ1) is 31.4. The van der Waals surface area contributed by atoms with E-state index in [9.17, 15) is 0 Å². The molecular formula is C54H33N3O. The van der Waals surface area contributed by atoms with E-state index in [1.807, 2.05) is 0 Å². The molecule has 13 aromatic rings. The van der Waals surface area contributed by atoms with Gasteiger partial charge in [0.15, 0.2) is 0 Å². The summed E-state index contributed by atoms with van der Waals surface area (Å²) in [5, 5.41) is 9.65. The fraction of sp³-hybridized carbons (Fsp3) is 0. The monoisotopic (exact) mass is 739 g/mol. The molecule has 270 valence electrons. The van der Waals surface area contributed by atoms with Crippen LogP contribution in [-0.4, -0.2) is 13.7 Å². The largest absolute Gasteiger partial charge is 0.456 e. The molecule has 4 heterocycles. The fourth-order valence-corrected chi connectivity index (χ4v) is 9.83. The Morgan fingerprint density at radius 3 is 1.29 bits per heavy atom. The lowest BCUT2D eigenvalue weighted by Crippen LogP contribution is -1.97. The molecular weight excluding hydrogens is 707 g/mol. The summed E-state index contributed by atoms with van der Waals surface area (Å²) in [5.74, 6) is 0. The van der Waals surface area contributed by atoms with Crippen LogP contribution in [0.3, 0.4) is 0 Å². The van der Waals surface area contributed by atoms with Crippen molar-refractivity contribution in [3.8, 4) is 28.2 Å². The molecule has 0 bridgehead atoms. The Balaban J connectivity index is 1.05. The van der Waals surface area contributed by atoms with E-state index in [0.717, 1.165) is 50.0 Å². The Labute approximate surface area is 332 Å². The second-order valence-electron chi connectivity index (χ2n) is 15.3. The van der Waals surface area contributed by atoms with E-state index in [1.165, 1.54) is 65.5 Å². The van der Waals surface area contributed by atoms with Gasteiger partial charge in [0, 0.05) is 49.1 Å². The number of rotatable bonds is 4. The van der Waals surface area contributed by atoms with Crippen molar-refractivity contribution >= 4 is 87.4 Å². The van der Waals surface area contributed by atoms with Crippen molar-refractivity contribution < 1.29 is 4.42 Å². The summed E-state index contributed by atoms with van der Waals surface area (Å²) in [6.07, 6.45) is 0. The van der Waals surface area contributed by atoms with E-state index in [1.54, 1.807) is 0 Å². The minimum Gasteiger partial charge on any atom is -0.456 e. The van der Waals surface area contributed by atoms with E-state index in [0.29, 0.717) is 0 Å². The van der Waals surface area contributed by atoms with Crippen molar-refractivity contribution in [2.75, 3.05) is 0 Å². The highest BCUT2D eigenvalue weighted by atomic mass is 16.3. The van der Waals surface area contributed by atoms with Gasteiger partial charge >= 0.3 is 0 Å². The predicted molar refractivity (Wildman–Crippen MR) is 242 cm³/mol. The summed E-state index contributed by atoms with van der Waals surface area (Å²) in [6, 6.07) is 72.4. The summed E-state index contributed by atoms with van der Waals surface area (Å²) in [4.78, 5) is 0. The zero-order valence-electron chi connectivity index (χ0n) is 31.3. The zero-order chi connectivity index (χ0) is 37.9. The molecule has 58 heavy (non-hydrogen) atoms. The molecule has 0 saturated heterocycles. The average Bonchev–Trinajstić information content (AvgIpc) is 4.03. The second-order valence-corrected chi connectivity index (χ2v) is 15.3. The lowest BCUT2D eigenvalue weighted by molar-refractivity contribution is 0.669. The van der Waals surface area contributed by atoms with E-state index < -0.39 is 0 Å². The topological polar surface area (TPSA) is 27.9 Å². The van der Waals surface area contributed by atoms with Gasteiger partial charge < -0.3 is 18.1 Å². The molecule has 9 aromatic carbocycles. The SMILES string of the molecule is c1ccc(-c2cccc3oc4cccc(-n5c6ccccc6c6cc(-n7c8ccccc8c8cc(-n9c%10ccccc%10c%10ccccc%109)ccc87)ccc65)c4c23)cc1. The first-order chi connectivity index (χ1) is 28.8. The van der Waals surface area contributed by atoms with Gasteiger partial charge in [-0.2, -0.15) is 0 Å². The Bertz CT molecular complexity index is 3750. The first-order valence-electron chi connectivity index (χ1n) is 19.9. The number of nitrogens with zero attached hydrogens (tertiary/aromatic N) is 3. The van der Waals surface area contributed by atoms with Crippen LogP contribution in [0.4, 0.5) is 0 Å². The van der Waals surface area contributed by atoms with Gasteiger partial charge in [0.25, 0.3) is 0 Å². The van der Waals surface area contributed by atoms with Gasteiger partial charge in [0.2, 0.25) is 0 Å². The number of aromatic nitrogens is 3. The summed E-state index contributed by atoms with van der Waals surface area (Å²) in [5.41, 5.74) is 14.6. The Morgan fingerprint density at radius 2 is 0.724 bits per heavy atom. The summed E-state index contributed by atoms with van der Waals surface area (Å²) in [7, 11) is 0. The average molecular weight is 740 g/mol. The van der Waals surface area contributed by atoms with Gasteiger partial charge in [-0.25, -0.2) is 0 Å². The Morgan fingerprint density at radius 1 is 0.293 bits per heavy atom. The molecule has 0 saturated carbocycles. The van der Waals surface area contributed by atoms with Crippen LogP contribution in [-0.2, 0) is 0 Å². The van der Waals surface area contributed by atoms with Crippen LogP contribution >= 0.6 is 0 Å². The molecule has 0 aliphatic rings. The lowest BCUT2D eigenvalue weighted by atomic mass is 9.99. The third-order valence-electron chi connectivity index (χ3n) is 12.2. The molecule has 0 radical (unpaired) electrons. The molecule has 0 unspecified atom stereocenters. The fourth-order valence-electron chi connectivity index (χ4n) is 9.83. The molecule has 0 spiro atoms. The van der Waals surface area contributed by atoms with E-state index >= 15 is 0 Å². The number of para-hydroxylation sites is 4. The van der Waals surface area contributed by atoms with E-state index in [-0.39, 0.29) is 0 Å². The first-order valence-corrected chi connectivity index (χ1v) is 19.9. The van der Waals surface area contributed by atoms with Gasteiger partial charge in [-0.15, -0.1) is 0 Å². The minimum absolute atomic E-state index is 0.879. The van der Waals surface area contributed by atoms with Crippen LogP contribution < -0.4 is 0 Å². The number of hydrogen-bond acceptors (Lipinski definition) is 1. The Hall–Kier alpha value is -7.82. The van der Waals surface area contributed by atoms with E-state index in [2.05, 4.69) is 214 Å². The zero-order valence-corrected chi connectivity index (χ0v) is 31.3. The van der Waals surface area contributed by atoms with Gasteiger partial charge in [-0.1, -0.05) is 121 Å². The van der Waals surface area contributed by atoms with Crippen LogP contribution in [0.1, 0.15) is 0 Å². The third-order valence-corrected chi connectivity index (χ3v) is 12.2. The van der Waals surface area contributed by atoms with Crippen LogP contribution in [0.5, 0.6) is 0 Å². The van der Waals surface area contributed by atoms with Gasteiger partial charge in [0.1, 0.15) is 11.2 Å². The van der Waals surface area contributed by atoms with Crippen molar-refractivity contribution in [2.24, 2.45) is 0 Å². The molecule has 0 amide bonds. The highest BCUT2D eigenvalue weighted by Gasteiger charge is 2.22. The van der Waals surface area contributed by atoms with Crippen LogP contribution in [0.2, 0.25) is 0 Å². The molecule has 0 aliphatic carbocycles. The predicted octanol–water partition coefficient (Wildman–Crippen LogP) is 14.5. The number of benzene rings is 9. The van der Waals surface area contributed by atoms with Gasteiger partial charge in [0.05, 0.1) is 44.2 Å². The number of furan rings is 1. The highest BCUT2D eigenvalue weighted by molar-refractivity contribution is 6.19. The van der Waals surface area contributed by atoms with E-state index in [4.69, 9.17) is 4.42 Å². The number of hydrogen-bond donors (Lipinski definition) is 0. The Kier molecular flexibility index (Phi) is 6.41. The van der Waals surface area contributed by atoms with Crippen molar-refractivity contribution in [3.63, 3.8) is 0 Å². The summed E-state index contributed by atoms with van der Waals surface area (Å²) < 4.78 is 13.9. The maximum absolute atomic E-state index is 6.58. The molecule has 0 atom stereocenters. The molecule has 13 rings (SSSR count). The van der Waals surface area contributed by atoms with Crippen molar-refractivity contribution in [2.45, 2.75) is 0 Å². The highest BCUT2D eigenvalue weighted by Crippen LogP contribution is 2.43. The normalized spacial score (nSPS) is 12.1. The standard InChI is InChI=1S/C54H33N3O/c1-2-14-34(15-3-1)37-20-12-26-51-53(37)54-50(25-13-27-52(54)58-51)57-47-24-11-7-19-41(47)43-33-36(29-31-49(43)57)56-46-23-10-6-18-40(46)42-32-35(28-30-48(42)56)55-44-21-8-4-16-38(44)39-17-5-9-22-45(39)55/h1-33H. The molecule has 0 fully saturated rings.